The summed E-state index contributed by atoms with van der Waals surface area (Å²) in [6, 6.07) is 16.2. The van der Waals surface area contributed by atoms with Gasteiger partial charge < -0.3 is 29.8 Å². The topological polar surface area (TPSA) is 109 Å². The van der Waals surface area contributed by atoms with Gasteiger partial charge in [-0.15, -0.1) is 0 Å². The van der Waals surface area contributed by atoms with Crippen LogP contribution in [0.15, 0.2) is 69.8 Å². The fraction of sp³-hybridized carbons (Fsp3) is 0.538. The van der Waals surface area contributed by atoms with Gasteiger partial charge in [0.25, 0.3) is 0 Å². The van der Waals surface area contributed by atoms with Gasteiger partial charge in [-0.25, -0.2) is 4.99 Å². The second-order valence-electron chi connectivity index (χ2n) is 16.0. The van der Waals surface area contributed by atoms with Crippen LogP contribution in [0.4, 0.5) is 0 Å². The minimum absolute atomic E-state index is 0.116. The monoisotopic (exact) mass is 795 g/mol. The lowest BCUT2D eigenvalue weighted by Gasteiger charge is -2.35. The van der Waals surface area contributed by atoms with Crippen molar-refractivity contribution in [3.05, 3.63) is 70.3 Å². The van der Waals surface area contributed by atoms with E-state index < -0.39 is 16.1 Å². The Hall–Kier alpha value is -2.91. The predicted molar refractivity (Wildman–Crippen MR) is 218 cm³/mol. The zero-order chi connectivity index (χ0) is 37.0. The summed E-state index contributed by atoms with van der Waals surface area (Å²) in [5.41, 5.74) is 4.29. The van der Waals surface area contributed by atoms with Crippen LogP contribution in [-0.4, -0.2) is 77.2 Å². The van der Waals surface area contributed by atoms with Crippen LogP contribution >= 0.6 is 15.9 Å². The Morgan fingerprint density at radius 3 is 2.12 bits per heavy atom. The molecule has 2 heterocycles. The maximum absolute atomic E-state index is 12.3. The van der Waals surface area contributed by atoms with E-state index >= 15 is 0 Å². The number of nitrogens with zero attached hydrogens (tertiary/aromatic N) is 3. The summed E-state index contributed by atoms with van der Waals surface area (Å²) in [4.78, 5) is 24.4. The van der Waals surface area contributed by atoms with Gasteiger partial charge in [0.1, 0.15) is 25.1 Å². The van der Waals surface area contributed by atoms with Crippen molar-refractivity contribution in [3.63, 3.8) is 0 Å². The molecule has 0 amide bonds. The number of carbonyl (C=O) groups is 1. The van der Waals surface area contributed by atoms with Crippen LogP contribution < -0.4 is 5.32 Å². The Morgan fingerprint density at radius 1 is 0.961 bits per heavy atom. The second kappa shape index (κ2) is 19.3. The molecular weight excluding hydrogens is 739 g/mol. The summed E-state index contributed by atoms with van der Waals surface area (Å²) < 4.78 is 18.8. The third kappa shape index (κ3) is 12.9. The van der Waals surface area contributed by atoms with Crippen molar-refractivity contribution in [1.29, 1.82) is 5.41 Å². The van der Waals surface area contributed by atoms with Crippen molar-refractivity contribution in [2.45, 2.75) is 90.4 Å². The summed E-state index contributed by atoms with van der Waals surface area (Å²) in [5, 5.41) is 12.2. The van der Waals surface area contributed by atoms with Crippen molar-refractivity contribution < 1.29 is 19.0 Å². The first-order chi connectivity index (χ1) is 24.3. The third-order valence-corrected chi connectivity index (χ3v) is 13.4. The largest absolute Gasteiger partial charge is 0.466 e. The number of halogens is 1. The molecule has 0 spiro atoms. The van der Waals surface area contributed by atoms with Gasteiger partial charge in [-0.3, -0.25) is 9.78 Å². The number of benzene rings is 1. The van der Waals surface area contributed by atoms with E-state index in [2.05, 4.69) is 65.4 Å². The van der Waals surface area contributed by atoms with E-state index in [-0.39, 0.29) is 11.9 Å². The van der Waals surface area contributed by atoms with Crippen molar-refractivity contribution in [2.24, 2.45) is 16.8 Å². The molecule has 1 fully saturated rings. The van der Waals surface area contributed by atoms with Crippen LogP contribution in [0, 0.1) is 17.2 Å². The normalized spacial score (nSPS) is 19.3. The van der Waals surface area contributed by atoms with Gasteiger partial charge in [0.2, 0.25) is 0 Å². The lowest BCUT2D eigenvalue weighted by atomic mass is 9.78. The van der Waals surface area contributed by atoms with E-state index in [0.717, 1.165) is 70.6 Å². The molecule has 0 saturated heterocycles. The number of esters is 1. The standard InChI is InChI=1S/C39H58BrN5O4Si2/c1-8-49-35(46)24-29-14-16-31(17-15-29)37-36(40)39(45(27-47-20-22-50(2,3)4)28-48-21-23-51(5,6)7)44-38(43-37)33(25-41)32-18-19-34(42-26-32)30-12-10-9-11-13-30/h9-13,18-19,25-26,29,31,41,44H,8,14-17,20-24,27-28H2,1-7H3/b38-33+,41-25?. The van der Waals surface area contributed by atoms with E-state index in [1.165, 1.54) is 6.21 Å². The van der Waals surface area contributed by atoms with Gasteiger partial charge in [-0.05, 0) is 72.6 Å². The molecule has 12 heteroatoms. The minimum atomic E-state index is -1.28. The summed E-state index contributed by atoms with van der Waals surface area (Å²) in [6.45, 7) is 18.5. The van der Waals surface area contributed by atoms with Gasteiger partial charge in [-0.1, -0.05) is 75.7 Å². The first-order valence-electron chi connectivity index (χ1n) is 18.4. The van der Waals surface area contributed by atoms with Gasteiger partial charge >= 0.3 is 5.97 Å². The van der Waals surface area contributed by atoms with Crippen LogP contribution in [0.2, 0.25) is 51.4 Å². The lowest BCUT2D eigenvalue weighted by Crippen LogP contribution is -2.40. The molecular formula is C39H58BrN5O4Si2. The van der Waals surface area contributed by atoms with E-state index in [9.17, 15) is 4.79 Å². The third-order valence-electron chi connectivity index (χ3n) is 9.24. The highest BCUT2D eigenvalue weighted by molar-refractivity contribution is 9.12. The molecule has 0 bridgehead atoms. The molecule has 0 atom stereocenters. The number of hydrogen-bond donors (Lipinski definition) is 2. The number of pyridine rings is 1. The maximum Gasteiger partial charge on any atom is 0.306 e. The molecule has 9 nitrogen and oxygen atoms in total. The Kier molecular flexibility index (Phi) is 15.4. The number of aromatic nitrogens is 1. The smallest absolute Gasteiger partial charge is 0.306 e. The van der Waals surface area contributed by atoms with E-state index in [4.69, 9.17) is 29.6 Å². The average molecular weight is 797 g/mol. The van der Waals surface area contributed by atoms with Crippen molar-refractivity contribution in [2.75, 3.05) is 33.3 Å². The molecule has 51 heavy (non-hydrogen) atoms. The fourth-order valence-electron chi connectivity index (χ4n) is 6.09. The van der Waals surface area contributed by atoms with Gasteiger partial charge in [0.15, 0.2) is 0 Å². The van der Waals surface area contributed by atoms with E-state index in [1.807, 2.05) is 55.6 Å². The highest BCUT2D eigenvalue weighted by Crippen LogP contribution is 2.38. The summed E-state index contributed by atoms with van der Waals surface area (Å²) in [7, 11) is -2.55. The summed E-state index contributed by atoms with van der Waals surface area (Å²) in [5.74, 6) is 1.78. The minimum Gasteiger partial charge on any atom is -0.466 e. The van der Waals surface area contributed by atoms with Crippen molar-refractivity contribution >= 4 is 55.5 Å². The average Bonchev–Trinajstić information content (AvgIpc) is 3.09. The number of rotatable bonds is 18. The van der Waals surface area contributed by atoms with Gasteiger partial charge in [0, 0.05) is 70.8 Å². The predicted octanol–water partition coefficient (Wildman–Crippen LogP) is 9.36. The molecule has 0 radical (unpaired) electrons. The van der Waals surface area contributed by atoms with E-state index in [1.54, 1.807) is 0 Å². The fourth-order valence-corrected chi connectivity index (χ4v) is 8.37. The lowest BCUT2D eigenvalue weighted by molar-refractivity contribution is -0.144. The highest BCUT2D eigenvalue weighted by Gasteiger charge is 2.33. The number of nitrogens with one attached hydrogen (secondary N) is 2. The molecule has 1 aliphatic carbocycles. The molecule has 1 aliphatic heterocycles. The van der Waals surface area contributed by atoms with Crippen LogP contribution in [0.1, 0.15) is 44.6 Å². The van der Waals surface area contributed by atoms with E-state index in [0.29, 0.717) is 57.0 Å². The first-order valence-corrected chi connectivity index (χ1v) is 26.6. The molecule has 2 N–H and O–H groups in total. The highest BCUT2D eigenvalue weighted by atomic mass is 79.9. The second-order valence-corrected chi connectivity index (χ2v) is 28.0. The summed E-state index contributed by atoms with van der Waals surface area (Å²) >= 11 is 3.99. The Bertz CT molecular complexity index is 1520. The molecule has 4 rings (SSSR count). The number of carbonyl (C=O) groups excluding carboxylic acids is 1. The van der Waals surface area contributed by atoms with Gasteiger partial charge in [-0.2, -0.15) is 0 Å². The molecule has 2 aliphatic rings. The maximum atomic E-state index is 12.3. The SMILES string of the molecule is CCOC(=O)CC1CCC(C2=N/C(=C(/C=N)c3ccc(-c4ccccc4)nc3)NC(N(COCC[Si](C)(C)C)COCC[Si](C)(C)C)=C2Br)CC1. The zero-order valence-electron chi connectivity index (χ0n) is 31.7. The Labute approximate surface area is 316 Å². The molecule has 1 aromatic carbocycles. The van der Waals surface area contributed by atoms with Crippen LogP contribution in [0.3, 0.4) is 0 Å². The van der Waals surface area contributed by atoms with Crippen LogP contribution in [0.5, 0.6) is 0 Å². The molecule has 1 aromatic heterocycles. The zero-order valence-corrected chi connectivity index (χ0v) is 35.3. The number of hydrogen-bond acceptors (Lipinski definition) is 9. The quantitative estimate of drug-likeness (QED) is 0.0509. The van der Waals surface area contributed by atoms with Crippen molar-refractivity contribution in [3.8, 4) is 11.3 Å². The Morgan fingerprint density at radius 2 is 1.59 bits per heavy atom. The molecule has 278 valence electrons. The van der Waals surface area contributed by atoms with Crippen LogP contribution in [-0.2, 0) is 19.0 Å². The number of allylic oxidation sites excluding steroid dienone is 2. The van der Waals surface area contributed by atoms with Crippen LogP contribution in [0.25, 0.3) is 16.8 Å². The Balaban J connectivity index is 1.68. The first kappa shape index (κ1) is 40.9. The molecule has 1 saturated carbocycles. The van der Waals surface area contributed by atoms with Crippen molar-refractivity contribution in [1.82, 2.24) is 15.2 Å². The molecule has 0 unspecified atom stereocenters. The number of aliphatic imine (C=N–C) groups is 1. The van der Waals surface area contributed by atoms with Gasteiger partial charge in [0.05, 0.1) is 22.5 Å². The summed E-state index contributed by atoms with van der Waals surface area (Å²) in [6.07, 6.45) is 7.30. The number of ether oxygens (including phenoxy) is 3. The molecule has 2 aromatic rings.